The predicted octanol–water partition coefficient (Wildman–Crippen LogP) is 2.92. The highest BCUT2D eigenvalue weighted by atomic mass is 16.1. The lowest BCUT2D eigenvalue weighted by atomic mass is 9.77. The minimum Gasteiger partial charge on any atom is -0.349 e. The summed E-state index contributed by atoms with van der Waals surface area (Å²) >= 11 is 0. The average Bonchev–Trinajstić information content (AvgIpc) is 2.37. The Morgan fingerprint density at radius 1 is 1.19 bits per heavy atom. The molecule has 2 rings (SSSR count). The van der Waals surface area contributed by atoms with Crippen LogP contribution in [-0.2, 0) is 0 Å². The Morgan fingerprint density at radius 2 is 1.71 bits per heavy atom. The maximum absolute atomic E-state index is 12.3. The summed E-state index contributed by atoms with van der Waals surface area (Å²) in [6.07, 6.45) is 3.84. The molecule has 1 aromatic rings. The monoisotopic (exact) mass is 285 g/mol. The van der Waals surface area contributed by atoms with Crippen LogP contribution in [0.2, 0.25) is 0 Å². The molecule has 1 aromatic carbocycles. The zero-order chi connectivity index (χ0) is 15.7. The molecule has 0 spiro atoms. The highest BCUT2D eigenvalue weighted by Crippen LogP contribution is 2.37. The number of nitriles is 1. The Kier molecular flexibility index (Phi) is 3.95. The summed E-state index contributed by atoms with van der Waals surface area (Å²) in [6.45, 7) is 8.22. The molecule has 0 bridgehead atoms. The first-order chi connectivity index (χ1) is 9.76. The number of benzene rings is 1. The molecule has 0 aromatic heterocycles. The van der Waals surface area contributed by atoms with Gasteiger partial charge in [0.05, 0.1) is 0 Å². The highest BCUT2D eigenvalue weighted by Gasteiger charge is 2.45. The van der Waals surface area contributed by atoms with Gasteiger partial charge in [-0.25, -0.2) is 0 Å². The van der Waals surface area contributed by atoms with Crippen LogP contribution in [0.25, 0.3) is 0 Å². The van der Waals surface area contributed by atoms with Gasteiger partial charge in [0.1, 0.15) is 0 Å². The Labute approximate surface area is 126 Å². The summed E-state index contributed by atoms with van der Waals surface area (Å²) in [7, 11) is 0. The minimum atomic E-state index is -0.259. The van der Waals surface area contributed by atoms with Crippen molar-refractivity contribution < 1.29 is 4.79 Å². The maximum Gasteiger partial charge on any atom is 0.251 e. The Bertz CT molecular complexity index is 539. The van der Waals surface area contributed by atoms with E-state index in [1.54, 1.807) is 0 Å². The quantitative estimate of drug-likeness (QED) is 0.850. The second-order valence-electron chi connectivity index (χ2n) is 7.00. The fourth-order valence-corrected chi connectivity index (χ4v) is 3.51. The zero-order valence-electron chi connectivity index (χ0n) is 13.2. The Hall–Kier alpha value is -2.02. The second-order valence-corrected chi connectivity index (χ2v) is 7.00. The molecule has 0 unspecified atom stereocenters. The van der Waals surface area contributed by atoms with E-state index in [1.165, 1.54) is 0 Å². The molecule has 1 heterocycles. The largest absolute Gasteiger partial charge is 0.349 e. The van der Waals surface area contributed by atoms with Crippen molar-refractivity contribution in [3.05, 3.63) is 35.9 Å². The van der Waals surface area contributed by atoms with Gasteiger partial charge < -0.3 is 5.32 Å². The van der Waals surface area contributed by atoms with Crippen molar-refractivity contribution in [3.8, 4) is 6.19 Å². The number of nitrogens with zero attached hydrogens (tertiary/aromatic N) is 2. The van der Waals surface area contributed by atoms with Crippen LogP contribution >= 0.6 is 0 Å². The summed E-state index contributed by atoms with van der Waals surface area (Å²) in [5, 5.41) is 12.5. The molecule has 21 heavy (non-hydrogen) atoms. The van der Waals surface area contributed by atoms with Gasteiger partial charge in [-0.2, -0.15) is 5.26 Å². The Balaban J connectivity index is 2.13. The van der Waals surface area contributed by atoms with Gasteiger partial charge in [-0.05, 0) is 52.7 Å². The minimum absolute atomic E-state index is 0.0439. The molecular weight excluding hydrogens is 262 g/mol. The van der Waals surface area contributed by atoms with Crippen LogP contribution in [0.1, 0.15) is 50.9 Å². The first kappa shape index (κ1) is 15.4. The van der Waals surface area contributed by atoms with E-state index in [2.05, 4.69) is 39.2 Å². The van der Waals surface area contributed by atoms with E-state index < -0.39 is 0 Å². The molecule has 0 saturated carbocycles. The summed E-state index contributed by atoms with van der Waals surface area (Å²) in [5.74, 6) is -0.0439. The van der Waals surface area contributed by atoms with Gasteiger partial charge in [-0.1, -0.05) is 18.2 Å². The van der Waals surface area contributed by atoms with Gasteiger partial charge in [0.2, 0.25) is 0 Å². The van der Waals surface area contributed by atoms with Crippen molar-refractivity contribution in [2.75, 3.05) is 0 Å². The number of carbonyl (C=O) groups is 1. The van der Waals surface area contributed by atoms with Crippen LogP contribution < -0.4 is 5.32 Å². The SMILES string of the molecule is CC1(C)CC(NC(=O)c2ccccc2)CC(C)(C)N1C#N. The van der Waals surface area contributed by atoms with Gasteiger partial charge in [0.25, 0.3) is 5.91 Å². The summed E-state index contributed by atoms with van der Waals surface area (Å²) in [6, 6.07) is 9.33. The molecule has 4 heteroatoms. The van der Waals surface area contributed by atoms with E-state index in [4.69, 9.17) is 0 Å². The smallest absolute Gasteiger partial charge is 0.251 e. The first-order valence-corrected chi connectivity index (χ1v) is 7.32. The van der Waals surface area contributed by atoms with Crippen LogP contribution in [0, 0.1) is 11.5 Å². The number of amides is 1. The van der Waals surface area contributed by atoms with E-state index in [9.17, 15) is 10.1 Å². The average molecular weight is 285 g/mol. The van der Waals surface area contributed by atoms with Crippen LogP contribution in [-0.4, -0.2) is 27.9 Å². The van der Waals surface area contributed by atoms with Gasteiger partial charge in [-0.3, -0.25) is 9.69 Å². The Morgan fingerprint density at radius 3 is 2.19 bits per heavy atom. The third-order valence-corrected chi connectivity index (χ3v) is 4.17. The van der Waals surface area contributed by atoms with E-state index in [-0.39, 0.29) is 23.0 Å². The summed E-state index contributed by atoms with van der Waals surface area (Å²) < 4.78 is 0. The zero-order valence-corrected chi connectivity index (χ0v) is 13.2. The number of hydrogen-bond acceptors (Lipinski definition) is 3. The van der Waals surface area contributed by atoms with Gasteiger partial charge in [0.15, 0.2) is 6.19 Å². The number of hydrogen-bond donors (Lipinski definition) is 1. The van der Waals surface area contributed by atoms with Crippen molar-refractivity contribution in [3.63, 3.8) is 0 Å². The van der Waals surface area contributed by atoms with Gasteiger partial charge in [0, 0.05) is 22.7 Å². The van der Waals surface area contributed by atoms with Crippen molar-refractivity contribution in [1.82, 2.24) is 10.2 Å². The van der Waals surface area contributed by atoms with Crippen LogP contribution in [0.15, 0.2) is 30.3 Å². The number of nitrogens with one attached hydrogen (secondary N) is 1. The number of likely N-dealkylation sites (tertiary alicyclic amines) is 1. The molecule has 4 nitrogen and oxygen atoms in total. The molecule has 1 fully saturated rings. The first-order valence-electron chi connectivity index (χ1n) is 7.32. The molecular formula is C17H23N3O. The standard InChI is InChI=1S/C17H23N3O/c1-16(2)10-14(11-17(3,4)20(16)12-18)19-15(21)13-8-6-5-7-9-13/h5-9,14H,10-11H2,1-4H3,(H,19,21). The van der Waals surface area contributed by atoms with Crippen molar-refractivity contribution in [2.24, 2.45) is 0 Å². The predicted molar refractivity (Wildman–Crippen MR) is 82.5 cm³/mol. The molecule has 0 atom stereocenters. The van der Waals surface area contributed by atoms with Crippen molar-refractivity contribution >= 4 is 5.91 Å². The molecule has 1 N–H and O–H groups in total. The topological polar surface area (TPSA) is 56.1 Å². The van der Waals surface area contributed by atoms with Crippen molar-refractivity contribution in [1.29, 1.82) is 5.26 Å². The third kappa shape index (κ3) is 3.18. The molecule has 0 aliphatic carbocycles. The highest BCUT2D eigenvalue weighted by molar-refractivity contribution is 5.94. The van der Waals surface area contributed by atoms with E-state index in [0.29, 0.717) is 5.56 Å². The lowest BCUT2D eigenvalue weighted by molar-refractivity contribution is 0.00988. The van der Waals surface area contributed by atoms with E-state index >= 15 is 0 Å². The van der Waals surface area contributed by atoms with Crippen molar-refractivity contribution in [2.45, 2.75) is 57.7 Å². The summed E-state index contributed by atoms with van der Waals surface area (Å²) in [5.41, 5.74) is 0.159. The molecule has 1 aliphatic heterocycles. The van der Waals surface area contributed by atoms with Crippen LogP contribution in [0.5, 0.6) is 0 Å². The second kappa shape index (κ2) is 5.40. The van der Waals surface area contributed by atoms with E-state index in [0.717, 1.165) is 12.8 Å². The fraction of sp³-hybridized carbons (Fsp3) is 0.529. The number of carbonyl (C=O) groups excluding carboxylic acids is 1. The lowest BCUT2D eigenvalue weighted by Crippen LogP contribution is -2.62. The number of piperidine rings is 1. The van der Waals surface area contributed by atoms with Gasteiger partial charge >= 0.3 is 0 Å². The van der Waals surface area contributed by atoms with Crippen LogP contribution in [0.4, 0.5) is 0 Å². The normalized spacial score (nSPS) is 20.6. The number of rotatable bonds is 2. The fourth-order valence-electron chi connectivity index (χ4n) is 3.51. The molecule has 1 saturated heterocycles. The molecule has 1 amide bonds. The third-order valence-electron chi connectivity index (χ3n) is 4.17. The molecule has 112 valence electrons. The molecule has 1 aliphatic rings. The molecule has 0 radical (unpaired) electrons. The van der Waals surface area contributed by atoms with Gasteiger partial charge in [-0.15, -0.1) is 0 Å². The van der Waals surface area contributed by atoms with E-state index in [1.807, 2.05) is 35.2 Å². The summed E-state index contributed by atoms with van der Waals surface area (Å²) in [4.78, 5) is 14.1. The lowest BCUT2D eigenvalue weighted by Gasteiger charge is -2.52. The maximum atomic E-state index is 12.3. The van der Waals surface area contributed by atoms with Crippen LogP contribution in [0.3, 0.4) is 0 Å².